The van der Waals surface area contributed by atoms with E-state index in [1.807, 2.05) is 18.2 Å². The maximum absolute atomic E-state index is 13.4. The third kappa shape index (κ3) is 4.72. The van der Waals surface area contributed by atoms with Crippen molar-refractivity contribution in [2.45, 2.75) is 13.5 Å². The van der Waals surface area contributed by atoms with Gasteiger partial charge in [0.05, 0.1) is 5.39 Å². The second-order valence-corrected chi connectivity index (χ2v) is 7.98. The van der Waals surface area contributed by atoms with Gasteiger partial charge in [-0.25, -0.2) is 13.8 Å². The molecule has 0 spiro atoms. The maximum Gasteiger partial charge on any atom is 0.251 e. The molecule has 3 heterocycles. The van der Waals surface area contributed by atoms with Crippen LogP contribution in [-0.2, 0) is 6.54 Å². The summed E-state index contributed by atoms with van der Waals surface area (Å²) < 4.78 is 33.1. The molecule has 0 fully saturated rings. The first kappa shape index (κ1) is 22.2. The van der Waals surface area contributed by atoms with E-state index >= 15 is 0 Å². The molecule has 2 aromatic carbocycles. The molecule has 0 aliphatic carbocycles. The molecule has 35 heavy (non-hydrogen) atoms. The molecule has 0 aliphatic heterocycles. The molecule has 0 saturated heterocycles. The van der Waals surface area contributed by atoms with Crippen LogP contribution in [0.2, 0.25) is 0 Å². The number of nitrogens with one attached hydrogen (secondary N) is 2. The lowest BCUT2D eigenvalue weighted by Gasteiger charge is -2.13. The Morgan fingerprint density at radius 2 is 1.74 bits per heavy atom. The molecule has 1 amide bonds. The summed E-state index contributed by atoms with van der Waals surface area (Å²) in [5, 5.41) is 3.50. The number of rotatable bonds is 6. The lowest BCUT2D eigenvalue weighted by Crippen LogP contribution is -2.23. The van der Waals surface area contributed by atoms with E-state index in [0.717, 1.165) is 22.7 Å². The fourth-order valence-electron chi connectivity index (χ4n) is 3.86. The number of fused-ring (bicyclic) bond motifs is 1. The average Bonchev–Trinajstić information content (AvgIpc) is 3.29. The van der Waals surface area contributed by atoms with Gasteiger partial charge in [-0.05, 0) is 61.0 Å². The first-order valence-electron chi connectivity index (χ1n) is 10.9. The van der Waals surface area contributed by atoms with Crippen LogP contribution >= 0.6 is 0 Å². The van der Waals surface area contributed by atoms with Crippen LogP contribution < -0.4 is 10.1 Å². The van der Waals surface area contributed by atoms with E-state index in [1.54, 1.807) is 49.8 Å². The lowest BCUT2D eigenvalue weighted by molar-refractivity contribution is 0.0950. The Morgan fingerprint density at radius 1 is 0.971 bits per heavy atom. The summed E-state index contributed by atoms with van der Waals surface area (Å²) in [6.45, 7) is 1.77. The SMILES string of the molecule is Cc1c(Oc2ccnc3[nH]c(-c4ccncc4)cc23)cccc1C(=O)NCc1cc(F)cc(F)c1. The number of ether oxygens (including phenoxy) is 1. The van der Waals surface area contributed by atoms with Gasteiger partial charge in [0, 0.05) is 53.6 Å². The van der Waals surface area contributed by atoms with Gasteiger partial charge in [0.25, 0.3) is 5.91 Å². The number of hydrogen-bond donors (Lipinski definition) is 2. The third-order valence-corrected chi connectivity index (χ3v) is 5.61. The Balaban J connectivity index is 1.39. The Bertz CT molecular complexity index is 1510. The Morgan fingerprint density at radius 3 is 2.51 bits per heavy atom. The third-order valence-electron chi connectivity index (χ3n) is 5.61. The highest BCUT2D eigenvalue weighted by molar-refractivity contribution is 5.96. The highest BCUT2D eigenvalue weighted by Gasteiger charge is 2.15. The number of aromatic nitrogens is 3. The first-order valence-corrected chi connectivity index (χ1v) is 10.9. The van der Waals surface area contributed by atoms with Crippen LogP contribution in [0.4, 0.5) is 8.78 Å². The van der Waals surface area contributed by atoms with E-state index in [4.69, 9.17) is 4.74 Å². The number of amides is 1. The molecule has 0 radical (unpaired) electrons. The molecule has 0 aliphatic rings. The predicted molar refractivity (Wildman–Crippen MR) is 128 cm³/mol. The molecule has 6 nitrogen and oxygen atoms in total. The Labute approximate surface area is 199 Å². The fraction of sp³-hybridized carbons (Fsp3) is 0.0741. The zero-order valence-electron chi connectivity index (χ0n) is 18.7. The highest BCUT2D eigenvalue weighted by atomic mass is 19.1. The van der Waals surface area contributed by atoms with Crippen LogP contribution in [0, 0.1) is 18.6 Å². The zero-order chi connectivity index (χ0) is 24.4. The van der Waals surface area contributed by atoms with Crippen LogP contribution in [0.5, 0.6) is 11.5 Å². The first-order chi connectivity index (χ1) is 17.0. The minimum Gasteiger partial charge on any atom is -0.456 e. The minimum absolute atomic E-state index is 0.00977. The van der Waals surface area contributed by atoms with Gasteiger partial charge in [0.15, 0.2) is 0 Å². The monoisotopic (exact) mass is 470 g/mol. The molecule has 0 atom stereocenters. The minimum atomic E-state index is -0.693. The number of benzene rings is 2. The van der Waals surface area contributed by atoms with Crippen molar-refractivity contribution in [1.29, 1.82) is 0 Å². The fourth-order valence-corrected chi connectivity index (χ4v) is 3.86. The quantitative estimate of drug-likeness (QED) is 0.322. The number of halogens is 2. The van der Waals surface area contributed by atoms with E-state index in [9.17, 15) is 13.6 Å². The number of hydrogen-bond acceptors (Lipinski definition) is 4. The Kier molecular flexibility index (Phi) is 5.93. The summed E-state index contributed by atoms with van der Waals surface area (Å²) in [6.07, 6.45) is 5.08. The van der Waals surface area contributed by atoms with Gasteiger partial charge in [-0.3, -0.25) is 9.78 Å². The average molecular weight is 470 g/mol. The van der Waals surface area contributed by atoms with E-state index < -0.39 is 11.6 Å². The van der Waals surface area contributed by atoms with Crippen LogP contribution in [0.3, 0.4) is 0 Å². The lowest BCUT2D eigenvalue weighted by atomic mass is 10.1. The van der Waals surface area contributed by atoms with Crippen molar-refractivity contribution in [2.24, 2.45) is 0 Å². The molecule has 3 aromatic heterocycles. The summed E-state index contributed by atoms with van der Waals surface area (Å²) in [6, 6.07) is 15.8. The van der Waals surface area contributed by atoms with Crippen molar-refractivity contribution in [2.75, 3.05) is 0 Å². The molecule has 5 rings (SSSR count). The summed E-state index contributed by atoms with van der Waals surface area (Å²) in [7, 11) is 0. The summed E-state index contributed by atoms with van der Waals surface area (Å²) in [5.41, 5.74) is 3.88. The molecule has 0 bridgehead atoms. The number of carbonyl (C=O) groups excluding carboxylic acids is 1. The van der Waals surface area contributed by atoms with Gasteiger partial charge in [0.1, 0.15) is 28.8 Å². The highest BCUT2D eigenvalue weighted by Crippen LogP contribution is 2.34. The maximum atomic E-state index is 13.4. The Hall–Kier alpha value is -4.59. The summed E-state index contributed by atoms with van der Waals surface area (Å²) in [5.74, 6) is -0.669. The molecular weight excluding hydrogens is 450 g/mol. The van der Waals surface area contributed by atoms with E-state index in [1.165, 1.54) is 12.1 Å². The standard InChI is InChI=1S/C27H20F2N4O2/c1-16-21(27(34)32-15-17-11-19(28)13-20(29)12-17)3-2-4-24(16)35-25-7-10-31-26-22(25)14-23(33-26)18-5-8-30-9-6-18/h2-14H,15H2,1H3,(H,31,33)(H,32,34). The van der Waals surface area contributed by atoms with E-state index in [-0.39, 0.29) is 12.5 Å². The van der Waals surface area contributed by atoms with Crippen molar-refractivity contribution in [3.63, 3.8) is 0 Å². The van der Waals surface area contributed by atoms with Gasteiger partial charge in [-0.15, -0.1) is 0 Å². The second-order valence-electron chi connectivity index (χ2n) is 7.98. The van der Waals surface area contributed by atoms with Crippen molar-refractivity contribution in [3.05, 3.63) is 108 Å². The second kappa shape index (κ2) is 9.34. The van der Waals surface area contributed by atoms with Crippen LogP contribution in [0.25, 0.3) is 22.3 Å². The number of aromatic amines is 1. The van der Waals surface area contributed by atoms with Crippen molar-refractivity contribution >= 4 is 16.9 Å². The number of carbonyl (C=O) groups is 1. The van der Waals surface area contributed by atoms with Crippen molar-refractivity contribution < 1.29 is 18.3 Å². The molecule has 5 aromatic rings. The van der Waals surface area contributed by atoms with Gasteiger partial charge in [-0.2, -0.15) is 0 Å². The summed E-state index contributed by atoms with van der Waals surface area (Å²) in [4.78, 5) is 24.5. The van der Waals surface area contributed by atoms with Gasteiger partial charge >= 0.3 is 0 Å². The normalized spacial score (nSPS) is 10.9. The van der Waals surface area contributed by atoms with Crippen LogP contribution in [0.1, 0.15) is 21.5 Å². The smallest absolute Gasteiger partial charge is 0.251 e. The molecule has 2 N–H and O–H groups in total. The summed E-state index contributed by atoms with van der Waals surface area (Å²) >= 11 is 0. The van der Waals surface area contributed by atoms with E-state index in [0.29, 0.717) is 33.8 Å². The largest absolute Gasteiger partial charge is 0.456 e. The van der Waals surface area contributed by atoms with Gasteiger partial charge in [0.2, 0.25) is 0 Å². The molecule has 174 valence electrons. The topological polar surface area (TPSA) is 79.9 Å². The number of nitrogens with zero attached hydrogens (tertiary/aromatic N) is 2. The number of pyridine rings is 2. The van der Waals surface area contributed by atoms with E-state index in [2.05, 4.69) is 20.3 Å². The molecule has 0 unspecified atom stereocenters. The number of H-pyrrole nitrogens is 1. The van der Waals surface area contributed by atoms with Crippen LogP contribution in [0.15, 0.2) is 79.3 Å². The van der Waals surface area contributed by atoms with Crippen molar-refractivity contribution in [3.8, 4) is 22.8 Å². The van der Waals surface area contributed by atoms with Gasteiger partial charge < -0.3 is 15.0 Å². The molecular formula is C27H20F2N4O2. The van der Waals surface area contributed by atoms with Crippen molar-refractivity contribution in [1.82, 2.24) is 20.3 Å². The molecule has 0 saturated carbocycles. The van der Waals surface area contributed by atoms with Crippen LogP contribution in [-0.4, -0.2) is 20.9 Å². The van der Waals surface area contributed by atoms with Gasteiger partial charge in [-0.1, -0.05) is 6.07 Å². The molecule has 8 heteroatoms. The predicted octanol–water partition coefficient (Wildman–Crippen LogP) is 5.93. The zero-order valence-corrected chi connectivity index (χ0v) is 18.7.